The molecule has 1 aliphatic heterocycles. The Labute approximate surface area is 82.1 Å². The Morgan fingerprint density at radius 3 is 2.86 bits per heavy atom. The molecule has 0 aliphatic carbocycles. The van der Waals surface area contributed by atoms with Crippen molar-refractivity contribution in [2.75, 3.05) is 6.54 Å². The minimum absolute atomic E-state index is 0.233. The molecule has 0 aromatic heterocycles. The van der Waals surface area contributed by atoms with E-state index >= 15 is 0 Å². The van der Waals surface area contributed by atoms with Crippen LogP contribution in [0.2, 0.25) is 0 Å². The van der Waals surface area contributed by atoms with Gasteiger partial charge in [0.1, 0.15) is 0 Å². The van der Waals surface area contributed by atoms with Gasteiger partial charge in [0, 0.05) is 18.3 Å². The molecule has 0 spiro atoms. The van der Waals surface area contributed by atoms with Crippen LogP contribution in [0.4, 0.5) is 0 Å². The number of hydrogen-bond donors (Lipinski definition) is 0. The molecule has 1 heterocycles. The lowest BCUT2D eigenvalue weighted by Crippen LogP contribution is -2.27. The van der Waals surface area contributed by atoms with Crippen LogP contribution in [-0.2, 0) is 9.59 Å². The lowest BCUT2D eigenvalue weighted by atomic mass is 10.1. The number of carbonyl (C=O) groups excluding carboxylic acids is 2. The second-order valence-corrected chi connectivity index (χ2v) is 2.88. The van der Waals surface area contributed by atoms with Crippen LogP contribution in [0.1, 0.15) is 12.8 Å². The zero-order valence-electron chi connectivity index (χ0n) is 7.69. The third-order valence-corrected chi connectivity index (χ3v) is 1.89. The van der Waals surface area contributed by atoms with Crippen molar-refractivity contribution >= 4 is 11.7 Å². The van der Waals surface area contributed by atoms with Crippen LogP contribution in [0.15, 0.2) is 24.4 Å². The number of amides is 1. The Morgan fingerprint density at radius 2 is 2.29 bits per heavy atom. The van der Waals surface area contributed by atoms with Crippen molar-refractivity contribution in [2.24, 2.45) is 0 Å². The molecule has 72 valence electrons. The Bertz CT molecular complexity index is 350. The highest BCUT2D eigenvalue weighted by Crippen LogP contribution is 2.15. The summed E-state index contributed by atoms with van der Waals surface area (Å²) in [6.07, 6.45) is 3.71. The zero-order chi connectivity index (χ0) is 10.6. The van der Waals surface area contributed by atoms with Gasteiger partial charge in [-0.15, -0.1) is 6.58 Å². The van der Waals surface area contributed by atoms with Crippen LogP contribution in [-0.4, -0.2) is 23.1 Å². The topological polar surface area (TPSA) is 61.2 Å². The van der Waals surface area contributed by atoms with E-state index in [4.69, 9.17) is 5.26 Å². The van der Waals surface area contributed by atoms with E-state index < -0.39 is 11.7 Å². The summed E-state index contributed by atoms with van der Waals surface area (Å²) < 4.78 is 0. The van der Waals surface area contributed by atoms with E-state index in [0.29, 0.717) is 12.0 Å². The second kappa shape index (κ2) is 4.38. The van der Waals surface area contributed by atoms with Gasteiger partial charge in [-0.3, -0.25) is 9.59 Å². The summed E-state index contributed by atoms with van der Waals surface area (Å²) in [7, 11) is 0. The van der Waals surface area contributed by atoms with Gasteiger partial charge in [-0.05, 0) is 6.42 Å². The molecule has 0 fully saturated rings. The number of allylic oxidation sites excluding steroid dienone is 1. The minimum atomic E-state index is -0.544. The third-order valence-electron chi connectivity index (χ3n) is 1.89. The predicted octanol–water partition coefficient (Wildman–Crippen LogP) is 0.771. The third kappa shape index (κ3) is 1.88. The number of ketones is 1. The molecule has 1 rings (SSSR count). The van der Waals surface area contributed by atoms with E-state index in [0.717, 1.165) is 0 Å². The highest BCUT2D eigenvalue weighted by atomic mass is 16.2. The highest BCUT2D eigenvalue weighted by molar-refractivity contribution is 6.44. The van der Waals surface area contributed by atoms with E-state index in [1.165, 1.54) is 11.1 Å². The molecule has 0 unspecified atom stereocenters. The first-order valence-electron chi connectivity index (χ1n) is 4.24. The summed E-state index contributed by atoms with van der Waals surface area (Å²) in [5, 5.41) is 8.34. The van der Waals surface area contributed by atoms with E-state index in [1.807, 2.05) is 6.07 Å². The molecule has 4 heteroatoms. The van der Waals surface area contributed by atoms with Crippen molar-refractivity contribution in [1.29, 1.82) is 5.26 Å². The fourth-order valence-electron chi connectivity index (χ4n) is 1.21. The Kier molecular flexibility index (Phi) is 3.19. The average Bonchev–Trinajstić information content (AvgIpc) is 2.44. The van der Waals surface area contributed by atoms with Crippen molar-refractivity contribution in [1.82, 2.24) is 4.90 Å². The SMILES string of the molecule is C=CCC1=CN(CCC#N)C(=O)C1=O. The number of nitrogens with zero attached hydrogens (tertiary/aromatic N) is 2. The number of nitriles is 1. The van der Waals surface area contributed by atoms with E-state index in [1.54, 1.807) is 6.08 Å². The van der Waals surface area contributed by atoms with Gasteiger partial charge in [0.2, 0.25) is 5.78 Å². The Hall–Kier alpha value is -1.89. The van der Waals surface area contributed by atoms with Crippen LogP contribution in [0.5, 0.6) is 0 Å². The summed E-state index contributed by atoms with van der Waals surface area (Å²) in [5.74, 6) is -1.03. The molecule has 0 saturated carbocycles. The molecule has 0 bridgehead atoms. The van der Waals surface area contributed by atoms with Gasteiger partial charge in [0.05, 0.1) is 12.5 Å². The zero-order valence-corrected chi connectivity index (χ0v) is 7.69. The maximum atomic E-state index is 11.3. The Balaban J connectivity index is 2.71. The monoisotopic (exact) mass is 190 g/mol. The number of hydrogen-bond acceptors (Lipinski definition) is 3. The molecular weight excluding hydrogens is 180 g/mol. The summed E-state index contributed by atoms with van der Waals surface area (Å²) >= 11 is 0. The van der Waals surface area contributed by atoms with Crippen LogP contribution < -0.4 is 0 Å². The normalized spacial score (nSPS) is 15.4. The first kappa shape index (κ1) is 10.2. The van der Waals surface area contributed by atoms with Crippen LogP contribution in [0.3, 0.4) is 0 Å². The fraction of sp³-hybridized carbons (Fsp3) is 0.300. The van der Waals surface area contributed by atoms with Gasteiger partial charge in [0.15, 0.2) is 0 Å². The molecule has 0 atom stereocenters. The van der Waals surface area contributed by atoms with E-state index in [9.17, 15) is 9.59 Å². The van der Waals surface area contributed by atoms with Crippen molar-refractivity contribution in [3.63, 3.8) is 0 Å². The maximum Gasteiger partial charge on any atom is 0.298 e. The summed E-state index contributed by atoms with van der Waals surface area (Å²) in [6.45, 7) is 3.78. The second-order valence-electron chi connectivity index (χ2n) is 2.88. The van der Waals surface area contributed by atoms with Crippen LogP contribution in [0, 0.1) is 11.3 Å². The van der Waals surface area contributed by atoms with Crippen LogP contribution in [0.25, 0.3) is 0 Å². The molecule has 1 aliphatic rings. The summed E-state index contributed by atoms with van der Waals surface area (Å²) in [4.78, 5) is 23.8. The average molecular weight is 190 g/mol. The van der Waals surface area contributed by atoms with Gasteiger partial charge < -0.3 is 4.90 Å². The summed E-state index contributed by atoms with van der Waals surface area (Å²) in [6, 6.07) is 1.92. The lowest BCUT2D eigenvalue weighted by molar-refractivity contribution is -0.139. The Morgan fingerprint density at radius 1 is 1.57 bits per heavy atom. The fourth-order valence-corrected chi connectivity index (χ4v) is 1.21. The highest BCUT2D eigenvalue weighted by Gasteiger charge is 2.29. The van der Waals surface area contributed by atoms with Crippen molar-refractivity contribution in [2.45, 2.75) is 12.8 Å². The first-order chi connectivity index (χ1) is 6.70. The lowest BCUT2D eigenvalue weighted by Gasteiger charge is -2.08. The van der Waals surface area contributed by atoms with Crippen LogP contribution >= 0.6 is 0 Å². The largest absolute Gasteiger partial charge is 0.311 e. The van der Waals surface area contributed by atoms with Crippen molar-refractivity contribution < 1.29 is 9.59 Å². The van der Waals surface area contributed by atoms with Gasteiger partial charge in [0.25, 0.3) is 5.91 Å². The summed E-state index contributed by atoms with van der Waals surface area (Å²) in [5.41, 5.74) is 0.447. The molecule has 0 saturated heterocycles. The van der Waals surface area contributed by atoms with Crippen molar-refractivity contribution in [3.05, 3.63) is 24.4 Å². The van der Waals surface area contributed by atoms with Crippen molar-refractivity contribution in [3.8, 4) is 6.07 Å². The van der Waals surface area contributed by atoms with Gasteiger partial charge in [-0.25, -0.2) is 0 Å². The quantitative estimate of drug-likeness (QED) is 0.486. The van der Waals surface area contributed by atoms with E-state index in [-0.39, 0.29) is 13.0 Å². The standard InChI is InChI=1S/C10H10N2O2/c1-2-4-8-7-12(6-3-5-11)10(14)9(8)13/h2,7H,1,3-4,6H2. The minimum Gasteiger partial charge on any atom is -0.311 e. The maximum absolute atomic E-state index is 11.3. The molecule has 0 aromatic rings. The molecule has 0 N–H and O–H groups in total. The number of carbonyl (C=O) groups is 2. The smallest absolute Gasteiger partial charge is 0.298 e. The molecule has 0 aromatic carbocycles. The molecule has 14 heavy (non-hydrogen) atoms. The number of rotatable bonds is 4. The predicted molar refractivity (Wildman–Crippen MR) is 49.8 cm³/mol. The molecule has 4 nitrogen and oxygen atoms in total. The van der Waals surface area contributed by atoms with Gasteiger partial charge in [-0.1, -0.05) is 6.08 Å². The van der Waals surface area contributed by atoms with Gasteiger partial charge >= 0.3 is 0 Å². The first-order valence-corrected chi connectivity index (χ1v) is 4.24. The molecule has 0 radical (unpaired) electrons. The number of Topliss-reactive ketones (excluding diaryl/α,β-unsaturated/α-hetero) is 1. The van der Waals surface area contributed by atoms with E-state index in [2.05, 4.69) is 6.58 Å². The van der Waals surface area contributed by atoms with Gasteiger partial charge in [-0.2, -0.15) is 5.26 Å². The molecule has 1 amide bonds. The molecular formula is C10H10N2O2.